The SMILES string of the molecule is O=C(NC1CCCC1)N[C@@H](c1cccc(Cl)c1)C1CCCC1. The summed E-state index contributed by atoms with van der Waals surface area (Å²) in [5.74, 6) is 0.521. The zero-order valence-corrected chi connectivity index (χ0v) is 13.7. The van der Waals surface area contributed by atoms with E-state index in [0.29, 0.717) is 12.0 Å². The van der Waals surface area contributed by atoms with Gasteiger partial charge in [-0.15, -0.1) is 0 Å². The summed E-state index contributed by atoms with van der Waals surface area (Å²) in [5.41, 5.74) is 1.13. The van der Waals surface area contributed by atoms with E-state index in [-0.39, 0.29) is 12.1 Å². The Balaban J connectivity index is 1.69. The monoisotopic (exact) mass is 320 g/mol. The molecule has 0 heterocycles. The van der Waals surface area contributed by atoms with Crippen molar-refractivity contribution in [3.63, 3.8) is 0 Å². The lowest BCUT2D eigenvalue weighted by molar-refractivity contribution is 0.227. The van der Waals surface area contributed by atoms with Crippen LogP contribution >= 0.6 is 11.6 Å². The first-order valence-corrected chi connectivity index (χ1v) is 8.92. The molecule has 0 aromatic heterocycles. The standard InChI is InChI=1S/C18H25ClN2O/c19-15-9-5-8-14(12-15)17(13-6-1-2-7-13)21-18(22)20-16-10-3-4-11-16/h5,8-9,12-13,16-17H,1-4,6-7,10-11H2,(H2,20,21,22)/t17-/m1/s1. The number of carbonyl (C=O) groups excluding carboxylic acids is 1. The van der Waals surface area contributed by atoms with E-state index in [9.17, 15) is 4.79 Å². The lowest BCUT2D eigenvalue weighted by Gasteiger charge is -2.26. The van der Waals surface area contributed by atoms with Crippen molar-refractivity contribution >= 4 is 17.6 Å². The van der Waals surface area contributed by atoms with Crippen molar-refractivity contribution in [1.82, 2.24) is 10.6 Å². The summed E-state index contributed by atoms with van der Waals surface area (Å²) in [5, 5.41) is 7.09. The summed E-state index contributed by atoms with van der Waals surface area (Å²) in [4.78, 5) is 12.4. The van der Waals surface area contributed by atoms with Crippen LogP contribution in [-0.4, -0.2) is 12.1 Å². The third-order valence-electron chi connectivity index (χ3n) is 5.06. The van der Waals surface area contributed by atoms with Crippen molar-refractivity contribution in [3.8, 4) is 0 Å². The molecule has 2 saturated carbocycles. The maximum atomic E-state index is 12.4. The minimum absolute atomic E-state index is 0.0243. The maximum absolute atomic E-state index is 12.4. The van der Waals surface area contributed by atoms with Crippen molar-refractivity contribution in [2.24, 2.45) is 5.92 Å². The number of urea groups is 1. The highest BCUT2D eigenvalue weighted by molar-refractivity contribution is 6.30. The molecule has 0 saturated heterocycles. The Morgan fingerprint density at radius 2 is 1.77 bits per heavy atom. The zero-order valence-electron chi connectivity index (χ0n) is 13.0. The Hall–Kier alpha value is -1.22. The molecule has 2 aliphatic carbocycles. The van der Waals surface area contributed by atoms with Gasteiger partial charge in [-0.3, -0.25) is 0 Å². The second kappa shape index (κ2) is 7.36. The number of hydrogen-bond acceptors (Lipinski definition) is 1. The average molecular weight is 321 g/mol. The molecule has 120 valence electrons. The van der Waals surface area contributed by atoms with Gasteiger partial charge in [0.25, 0.3) is 0 Å². The molecule has 1 aromatic carbocycles. The second-order valence-electron chi connectivity index (χ2n) is 6.68. The quantitative estimate of drug-likeness (QED) is 0.821. The van der Waals surface area contributed by atoms with Gasteiger partial charge in [0.2, 0.25) is 0 Å². The van der Waals surface area contributed by atoms with Crippen LogP contribution in [0.1, 0.15) is 63.0 Å². The molecular formula is C18H25ClN2O. The van der Waals surface area contributed by atoms with Gasteiger partial charge in [0.05, 0.1) is 6.04 Å². The molecule has 0 spiro atoms. The molecule has 2 aliphatic rings. The van der Waals surface area contributed by atoms with Gasteiger partial charge in [-0.05, 0) is 49.3 Å². The first kappa shape index (κ1) is 15.7. The molecule has 1 atom stereocenters. The number of halogens is 1. The fourth-order valence-electron chi connectivity index (χ4n) is 3.90. The lowest BCUT2D eigenvalue weighted by atomic mass is 9.92. The van der Waals surface area contributed by atoms with Gasteiger partial charge in [-0.1, -0.05) is 49.4 Å². The van der Waals surface area contributed by atoms with E-state index in [1.54, 1.807) is 0 Å². The summed E-state index contributed by atoms with van der Waals surface area (Å²) in [6, 6.07) is 8.31. The molecule has 0 unspecified atom stereocenters. The first-order valence-electron chi connectivity index (χ1n) is 8.55. The molecule has 0 bridgehead atoms. The average Bonchev–Trinajstić information content (AvgIpc) is 3.18. The van der Waals surface area contributed by atoms with E-state index in [0.717, 1.165) is 23.4 Å². The molecular weight excluding hydrogens is 296 g/mol. The minimum Gasteiger partial charge on any atom is -0.335 e. The van der Waals surface area contributed by atoms with Crippen LogP contribution in [0.4, 0.5) is 4.79 Å². The van der Waals surface area contributed by atoms with Crippen molar-refractivity contribution in [1.29, 1.82) is 0 Å². The van der Waals surface area contributed by atoms with Crippen LogP contribution in [0, 0.1) is 5.92 Å². The Morgan fingerprint density at radius 1 is 1.09 bits per heavy atom. The number of benzene rings is 1. The van der Waals surface area contributed by atoms with E-state index >= 15 is 0 Å². The van der Waals surface area contributed by atoms with Crippen molar-refractivity contribution < 1.29 is 4.79 Å². The predicted molar refractivity (Wildman–Crippen MR) is 90.1 cm³/mol. The highest BCUT2D eigenvalue weighted by atomic mass is 35.5. The molecule has 3 nitrogen and oxygen atoms in total. The largest absolute Gasteiger partial charge is 0.335 e. The van der Waals surface area contributed by atoms with Crippen molar-refractivity contribution in [2.45, 2.75) is 63.5 Å². The Morgan fingerprint density at radius 3 is 2.45 bits per heavy atom. The van der Waals surface area contributed by atoms with E-state index < -0.39 is 0 Å². The van der Waals surface area contributed by atoms with E-state index in [4.69, 9.17) is 11.6 Å². The molecule has 4 heteroatoms. The van der Waals surface area contributed by atoms with Gasteiger partial charge < -0.3 is 10.6 Å². The number of carbonyl (C=O) groups is 1. The summed E-state index contributed by atoms with van der Waals surface area (Å²) < 4.78 is 0. The van der Waals surface area contributed by atoms with E-state index in [2.05, 4.69) is 16.7 Å². The van der Waals surface area contributed by atoms with Gasteiger partial charge in [-0.2, -0.15) is 0 Å². The third-order valence-corrected chi connectivity index (χ3v) is 5.29. The van der Waals surface area contributed by atoms with Crippen LogP contribution in [0.25, 0.3) is 0 Å². The first-order chi connectivity index (χ1) is 10.7. The van der Waals surface area contributed by atoms with Crippen LogP contribution in [0.5, 0.6) is 0 Å². The normalized spacial score (nSPS) is 21.0. The van der Waals surface area contributed by atoms with Gasteiger partial charge in [-0.25, -0.2) is 4.79 Å². The Kier molecular flexibility index (Phi) is 5.24. The van der Waals surface area contributed by atoms with Crippen LogP contribution in [0.15, 0.2) is 24.3 Å². The molecule has 2 amide bonds. The molecule has 3 rings (SSSR count). The van der Waals surface area contributed by atoms with Crippen molar-refractivity contribution in [2.75, 3.05) is 0 Å². The summed E-state index contributed by atoms with van der Waals surface area (Å²) in [6.07, 6.45) is 9.55. The summed E-state index contributed by atoms with van der Waals surface area (Å²) in [6.45, 7) is 0. The lowest BCUT2D eigenvalue weighted by Crippen LogP contribution is -2.44. The van der Waals surface area contributed by atoms with Gasteiger partial charge in [0.15, 0.2) is 0 Å². The van der Waals surface area contributed by atoms with Crippen LogP contribution < -0.4 is 10.6 Å². The molecule has 0 aliphatic heterocycles. The highest BCUT2D eigenvalue weighted by Crippen LogP contribution is 2.36. The highest BCUT2D eigenvalue weighted by Gasteiger charge is 2.28. The summed E-state index contributed by atoms with van der Waals surface area (Å²) in [7, 11) is 0. The van der Waals surface area contributed by atoms with Gasteiger partial charge in [0, 0.05) is 11.1 Å². The van der Waals surface area contributed by atoms with Crippen molar-refractivity contribution in [3.05, 3.63) is 34.9 Å². The number of amides is 2. The topological polar surface area (TPSA) is 41.1 Å². The number of nitrogens with one attached hydrogen (secondary N) is 2. The third kappa shape index (κ3) is 3.95. The number of hydrogen-bond donors (Lipinski definition) is 2. The molecule has 1 aromatic rings. The Bertz CT molecular complexity index is 508. The Labute approximate surface area is 137 Å². The van der Waals surface area contributed by atoms with Crippen LogP contribution in [0.2, 0.25) is 5.02 Å². The second-order valence-corrected chi connectivity index (χ2v) is 7.11. The van der Waals surface area contributed by atoms with Gasteiger partial charge >= 0.3 is 6.03 Å². The molecule has 2 N–H and O–H groups in total. The maximum Gasteiger partial charge on any atom is 0.315 e. The van der Waals surface area contributed by atoms with Gasteiger partial charge in [0.1, 0.15) is 0 Å². The molecule has 2 fully saturated rings. The minimum atomic E-state index is -0.0243. The fraction of sp³-hybridized carbons (Fsp3) is 0.611. The summed E-state index contributed by atoms with van der Waals surface area (Å²) >= 11 is 6.14. The van der Waals surface area contributed by atoms with E-state index in [1.165, 1.54) is 38.5 Å². The van der Waals surface area contributed by atoms with E-state index in [1.807, 2.05) is 18.2 Å². The predicted octanol–water partition coefficient (Wildman–Crippen LogP) is 4.81. The zero-order chi connectivity index (χ0) is 15.4. The fourth-order valence-corrected chi connectivity index (χ4v) is 4.10. The smallest absolute Gasteiger partial charge is 0.315 e. The molecule has 0 radical (unpaired) electrons. The molecule has 22 heavy (non-hydrogen) atoms. The van der Waals surface area contributed by atoms with Crippen LogP contribution in [-0.2, 0) is 0 Å². The van der Waals surface area contributed by atoms with Crippen LogP contribution in [0.3, 0.4) is 0 Å². The number of rotatable bonds is 4.